The van der Waals surface area contributed by atoms with Crippen molar-refractivity contribution in [3.63, 3.8) is 0 Å². The van der Waals surface area contributed by atoms with Gasteiger partial charge in [-0.1, -0.05) is 36.4 Å². The molecule has 0 atom stereocenters. The van der Waals surface area contributed by atoms with Crippen LogP contribution in [0.25, 0.3) is 0 Å². The van der Waals surface area contributed by atoms with E-state index in [0.717, 1.165) is 10.1 Å². The highest BCUT2D eigenvalue weighted by molar-refractivity contribution is 14.1. The molecule has 1 aromatic heterocycles. The Bertz CT molecular complexity index is 412. The third kappa shape index (κ3) is 2.32. The molecule has 1 nitrogen and oxygen atoms in total. The number of halogens is 1. The van der Waals surface area contributed by atoms with Gasteiger partial charge in [-0.15, -0.1) is 0 Å². The molecule has 2 aromatic rings. The highest BCUT2D eigenvalue weighted by Crippen LogP contribution is 2.13. The van der Waals surface area contributed by atoms with Crippen molar-refractivity contribution in [2.75, 3.05) is 0 Å². The van der Waals surface area contributed by atoms with Gasteiger partial charge < -0.3 is 0 Å². The summed E-state index contributed by atoms with van der Waals surface area (Å²) in [5.74, 6) is 0. The lowest BCUT2D eigenvalue weighted by molar-refractivity contribution is 1.11. The molecule has 2 rings (SSSR count). The van der Waals surface area contributed by atoms with Crippen molar-refractivity contribution in [2.24, 2.45) is 0 Å². The molecule has 0 fully saturated rings. The number of benzene rings is 1. The highest BCUT2D eigenvalue weighted by atomic mass is 127. The molecule has 0 N–H and O–H groups in total. The molecule has 0 saturated heterocycles. The van der Waals surface area contributed by atoms with Gasteiger partial charge >= 0.3 is 0 Å². The second-order valence-corrected chi connectivity index (χ2v) is 4.14. The molecule has 0 saturated carbocycles. The fraction of sp³-hybridized carbons (Fsp3) is 0.0833. The first kappa shape index (κ1) is 9.65. The van der Waals surface area contributed by atoms with E-state index in [1.807, 2.05) is 18.3 Å². The van der Waals surface area contributed by atoms with Crippen LogP contribution in [-0.4, -0.2) is 4.98 Å². The molecular weight excluding hydrogens is 285 g/mol. The van der Waals surface area contributed by atoms with Gasteiger partial charge in [0.25, 0.3) is 0 Å². The highest BCUT2D eigenvalue weighted by Gasteiger charge is 2.00. The molecule has 0 aliphatic carbocycles. The zero-order valence-electron chi connectivity index (χ0n) is 7.65. The van der Waals surface area contributed by atoms with Crippen LogP contribution in [-0.2, 0) is 6.42 Å². The lowest BCUT2D eigenvalue weighted by Crippen LogP contribution is -1.93. The fourth-order valence-electron chi connectivity index (χ4n) is 1.37. The Kier molecular flexibility index (Phi) is 3.14. The summed E-state index contributed by atoms with van der Waals surface area (Å²) in [5, 5.41) is 0. The maximum Gasteiger partial charge on any atom is 0.104 e. The summed E-state index contributed by atoms with van der Waals surface area (Å²) in [6, 6.07) is 14.6. The Hall–Kier alpha value is -0.900. The van der Waals surface area contributed by atoms with E-state index >= 15 is 0 Å². The van der Waals surface area contributed by atoms with Gasteiger partial charge in [0.15, 0.2) is 0 Å². The first-order valence-electron chi connectivity index (χ1n) is 4.49. The number of nitrogens with zero attached hydrogens (tertiary/aromatic N) is 1. The largest absolute Gasteiger partial charge is 0.250 e. The number of rotatable bonds is 2. The van der Waals surface area contributed by atoms with Crippen molar-refractivity contribution in [1.29, 1.82) is 0 Å². The Morgan fingerprint density at radius 3 is 2.50 bits per heavy atom. The van der Waals surface area contributed by atoms with Crippen molar-refractivity contribution < 1.29 is 0 Å². The molecule has 0 aliphatic heterocycles. The molecule has 2 heteroatoms. The predicted octanol–water partition coefficient (Wildman–Crippen LogP) is 3.28. The Morgan fingerprint density at radius 2 is 1.79 bits per heavy atom. The van der Waals surface area contributed by atoms with E-state index in [4.69, 9.17) is 0 Å². The van der Waals surface area contributed by atoms with Gasteiger partial charge in [0.05, 0.1) is 0 Å². The van der Waals surface area contributed by atoms with Crippen molar-refractivity contribution in [3.8, 4) is 0 Å². The number of hydrogen-bond donors (Lipinski definition) is 0. The Balaban J connectivity index is 2.24. The van der Waals surface area contributed by atoms with E-state index in [9.17, 15) is 0 Å². The minimum absolute atomic E-state index is 0.965. The molecule has 0 spiro atoms. The van der Waals surface area contributed by atoms with Crippen molar-refractivity contribution >= 4 is 22.6 Å². The van der Waals surface area contributed by atoms with Crippen LogP contribution in [0.1, 0.15) is 11.1 Å². The summed E-state index contributed by atoms with van der Waals surface area (Å²) in [7, 11) is 0. The van der Waals surface area contributed by atoms with Gasteiger partial charge in [0, 0.05) is 12.6 Å². The summed E-state index contributed by atoms with van der Waals surface area (Å²) in [4.78, 5) is 4.26. The van der Waals surface area contributed by atoms with Crippen LogP contribution < -0.4 is 0 Å². The van der Waals surface area contributed by atoms with Crippen molar-refractivity contribution in [1.82, 2.24) is 4.98 Å². The molecule has 14 heavy (non-hydrogen) atoms. The van der Waals surface area contributed by atoms with Crippen LogP contribution in [0.3, 0.4) is 0 Å². The van der Waals surface area contributed by atoms with Gasteiger partial charge in [0.1, 0.15) is 3.70 Å². The molecule has 0 amide bonds. The van der Waals surface area contributed by atoms with E-state index in [-0.39, 0.29) is 0 Å². The maximum atomic E-state index is 4.26. The van der Waals surface area contributed by atoms with Crippen LogP contribution in [0.15, 0.2) is 48.7 Å². The molecule has 1 heterocycles. The lowest BCUT2D eigenvalue weighted by atomic mass is 10.1. The van der Waals surface area contributed by atoms with Crippen LogP contribution in [0.2, 0.25) is 0 Å². The molecular formula is C12H10IN. The number of hydrogen-bond acceptors (Lipinski definition) is 1. The lowest BCUT2D eigenvalue weighted by Gasteiger charge is -2.02. The minimum Gasteiger partial charge on any atom is -0.250 e. The van der Waals surface area contributed by atoms with Crippen molar-refractivity contribution in [3.05, 3.63) is 63.5 Å². The summed E-state index contributed by atoms with van der Waals surface area (Å²) in [6.07, 6.45) is 2.79. The normalized spacial score (nSPS) is 10.1. The summed E-state index contributed by atoms with van der Waals surface area (Å²) in [5.41, 5.74) is 2.62. The topological polar surface area (TPSA) is 12.9 Å². The van der Waals surface area contributed by atoms with Crippen molar-refractivity contribution in [2.45, 2.75) is 6.42 Å². The molecule has 0 aliphatic rings. The summed E-state index contributed by atoms with van der Waals surface area (Å²) >= 11 is 2.28. The van der Waals surface area contributed by atoms with E-state index in [0.29, 0.717) is 0 Å². The smallest absolute Gasteiger partial charge is 0.104 e. The zero-order valence-corrected chi connectivity index (χ0v) is 9.81. The molecule has 0 radical (unpaired) electrons. The van der Waals surface area contributed by atoms with Gasteiger partial charge in [0.2, 0.25) is 0 Å². The third-order valence-corrected chi connectivity index (χ3v) is 3.05. The van der Waals surface area contributed by atoms with E-state index < -0.39 is 0 Å². The predicted molar refractivity (Wildman–Crippen MR) is 66.2 cm³/mol. The summed E-state index contributed by atoms with van der Waals surface area (Å²) < 4.78 is 1.09. The number of aromatic nitrogens is 1. The van der Waals surface area contributed by atoms with Gasteiger partial charge in [-0.05, 0) is 39.8 Å². The first-order chi connectivity index (χ1) is 6.86. The SMILES string of the molecule is Ic1ncccc1Cc1ccccc1. The Morgan fingerprint density at radius 1 is 1.00 bits per heavy atom. The average Bonchev–Trinajstić information content (AvgIpc) is 2.23. The van der Waals surface area contributed by atoms with Crippen LogP contribution in [0.5, 0.6) is 0 Å². The second-order valence-electron chi connectivity index (χ2n) is 3.12. The van der Waals surface area contributed by atoms with Crippen LogP contribution in [0.4, 0.5) is 0 Å². The third-order valence-electron chi connectivity index (χ3n) is 2.07. The molecule has 0 bridgehead atoms. The zero-order chi connectivity index (χ0) is 9.80. The standard InChI is InChI=1S/C12H10IN/c13-12-11(7-4-8-14-12)9-10-5-2-1-3-6-10/h1-8H,9H2. The molecule has 0 unspecified atom stereocenters. The monoisotopic (exact) mass is 295 g/mol. The maximum absolute atomic E-state index is 4.26. The van der Waals surface area contributed by atoms with Gasteiger partial charge in [-0.3, -0.25) is 4.98 Å². The minimum atomic E-state index is 0.965. The second kappa shape index (κ2) is 4.55. The van der Waals surface area contributed by atoms with E-state index in [2.05, 4.69) is 57.9 Å². The fourth-order valence-corrected chi connectivity index (χ4v) is 1.90. The van der Waals surface area contributed by atoms with E-state index in [1.165, 1.54) is 11.1 Å². The quantitative estimate of drug-likeness (QED) is 0.612. The van der Waals surface area contributed by atoms with Crippen LogP contribution >= 0.6 is 22.6 Å². The Labute approximate surface area is 97.3 Å². The van der Waals surface area contributed by atoms with E-state index in [1.54, 1.807) is 0 Å². The summed E-state index contributed by atoms with van der Waals surface area (Å²) in [6.45, 7) is 0. The average molecular weight is 295 g/mol. The molecule has 70 valence electrons. The first-order valence-corrected chi connectivity index (χ1v) is 5.57. The van der Waals surface area contributed by atoms with Gasteiger partial charge in [-0.2, -0.15) is 0 Å². The molecule has 1 aromatic carbocycles. The van der Waals surface area contributed by atoms with Gasteiger partial charge in [-0.25, -0.2) is 0 Å². The number of pyridine rings is 1. The van der Waals surface area contributed by atoms with Crippen LogP contribution in [0, 0.1) is 3.70 Å².